The molecule has 0 aliphatic carbocycles. The largest absolute Gasteiger partial charge is 0.480 e. The Kier molecular flexibility index (Phi) is 24.6. The van der Waals surface area contributed by atoms with Crippen molar-refractivity contribution >= 4 is 42.5 Å². The third kappa shape index (κ3) is 23.1. The van der Waals surface area contributed by atoms with E-state index in [0.29, 0.717) is 0 Å². The van der Waals surface area contributed by atoms with Crippen LogP contribution in [0.15, 0.2) is 0 Å². The van der Waals surface area contributed by atoms with Gasteiger partial charge >= 0.3 is 29.8 Å². The fourth-order valence-corrected chi connectivity index (χ4v) is 2.60. The Hall–Kier alpha value is -2.50. The zero-order valence-electron chi connectivity index (χ0n) is 22.9. The molecule has 2 rings (SSSR count). The molecular formula is C23H47N5O10S. The van der Waals surface area contributed by atoms with Crippen LogP contribution in [0.25, 0.3) is 0 Å². The van der Waals surface area contributed by atoms with Crippen molar-refractivity contribution in [2.45, 2.75) is 83.6 Å². The molecule has 13 N–H and O–H groups in total. The molecule has 2 aliphatic heterocycles. The molecule has 0 aromatic carbocycles. The molecule has 0 radical (unpaired) electrons. The van der Waals surface area contributed by atoms with Crippen LogP contribution in [0.5, 0.6) is 0 Å². The quantitative estimate of drug-likeness (QED) is 0.154. The standard InChI is InChI=1S/2C5H9NO2.2C5H11NO2.C3H7NO2S/c2*7-5(8)4-2-1-3-6-4;2*1-3(2)4(6)5(7)8;4-2(1-7)3(5)6/h2*4,6H,1-3H2,(H,7,8);2*3-4H,6H2,1-2H3,(H,7,8);2,7H,1,4H2,(H,5,6)/t2*4-;;;/m00.../s1. The lowest BCUT2D eigenvalue weighted by atomic mass is 10.1. The third-order valence-electron chi connectivity index (χ3n) is 5.24. The highest BCUT2D eigenvalue weighted by atomic mass is 32.1. The predicted octanol–water partition coefficient (Wildman–Crippen LogP) is -0.917. The molecule has 5 atom stereocenters. The number of carboxylic acids is 5. The normalized spacial score (nSPS) is 19.7. The van der Waals surface area contributed by atoms with Gasteiger partial charge in [0.2, 0.25) is 0 Å². The number of carbonyl (C=O) groups is 5. The maximum absolute atomic E-state index is 10.1. The van der Waals surface area contributed by atoms with Crippen LogP contribution in [0.1, 0.15) is 53.4 Å². The molecule has 230 valence electrons. The van der Waals surface area contributed by atoms with Gasteiger partial charge in [0, 0.05) is 5.75 Å². The van der Waals surface area contributed by atoms with Gasteiger partial charge in [0.25, 0.3) is 0 Å². The van der Waals surface area contributed by atoms with E-state index >= 15 is 0 Å². The van der Waals surface area contributed by atoms with E-state index in [4.69, 9.17) is 42.7 Å². The Bertz CT molecular complexity index is 656. The average Bonchev–Trinajstić information content (AvgIpc) is 3.58. The summed E-state index contributed by atoms with van der Waals surface area (Å²) in [4.78, 5) is 50.1. The first kappa shape index (κ1) is 41.0. The smallest absolute Gasteiger partial charge is 0.321 e. The number of nitrogens with two attached hydrogens (primary N) is 3. The van der Waals surface area contributed by atoms with Crippen molar-refractivity contribution in [1.29, 1.82) is 0 Å². The molecule has 16 heteroatoms. The Morgan fingerprint density at radius 1 is 0.692 bits per heavy atom. The summed E-state index contributed by atoms with van der Waals surface area (Å²) in [7, 11) is 0. The van der Waals surface area contributed by atoms with Gasteiger partial charge < -0.3 is 53.4 Å². The van der Waals surface area contributed by atoms with Crippen LogP contribution in [-0.4, -0.2) is 104 Å². The summed E-state index contributed by atoms with van der Waals surface area (Å²) in [5.74, 6) is -4.07. The van der Waals surface area contributed by atoms with E-state index in [1.807, 2.05) is 0 Å². The molecule has 0 aromatic rings. The predicted molar refractivity (Wildman–Crippen MR) is 148 cm³/mol. The molecule has 39 heavy (non-hydrogen) atoms. The topological polar surface area (TPSA) is 289 Å². The first-order valence-corrected chi connectivity index (χ1v) is 13.0. The molecule has 3 unspecified atom stereocenters. The van der Waals surface area contributed by atoms with Gasteiger partial charge in [-0.1, -0.05) is 27.7 Å². The fraction of sp³-hybridized carbons (Fsp3) is 0.783. The molecule has 2 aliphatic rings. The summed E-state index contributed by atoms with van der Waals surface area (Å²) in [5.41, 5.74) is 15.3. The minimum Gasteiger partial charge on any atom is -0.480 e. The molecule has 2 heterocycles. The molecule has 0 aromatic heterocycles. The van der Waals surface area contributed by atoms with E-state index in [9.17, 15) is 24.0 Å². The van der Waals surface area contributed by atoms with Crippen molar-refractivity contribution in [3.8, 4) is 0 Å². The molecular weight excluding hydrogens is 538 g/mol. The second-order valence-electron chi connectivity index (χ2n) is 9.32. The number of hydrogen-bond acceptors (Lipinski definition) is 11. The number of rotatable bonds is 8. The van der Waals surface area contributed by atoms with Crippen LogP contribution in [0, 0.1) is 11.8 Å². The van der Waals surface area contributed by atoms with Gasteiger partial charge in [-0.05, 0) is 50.6 Å². The Morgan fingerprint density at radius 2 is 1.00 bits per heavy atom. The number of aliphatic carboxylic acids is 5. The molecule has 0 bridgehead atoms. The number of thiol groups is 1. The fourth-order valence-electron chi connectivity index (χ4n) is 2.44. The van der Waals surface area contributed by atoms with Crippen LogP contribution < -0.4 is 27.8 Å². The first-order valence-electron chi connectivity index (χ1n) is 12.4. The van der Waals surface area contributed by atoms with E-state index in [2.05, 4.69) is 23.3 Å². The molecule has 0 amide bonds. The van der Waals surface area contributed by atoms with Gasteiger partial charge in [-0.2, -0.15) is 12.6 Å². The number of nitrogens with one attached hydrogen (secondary N) is 2. The second kappa shape index (κ2) is 23.4. The minimum atomic E-state index is -1.00. The highest BCUT2D eigenvalue weighted by molar-refractivity contribution is 7.80. The van der Waals surface area contributed by atoms with Gasteiger partial charge in [-0.25, -0.2) is 0 Å². The average molecular weight is 586 g/mol. The van der Waals surface area contributed by atoms with Gasteiger partial charge in [0.05, 0.1) is 0 Å². The lowest BCUT2D eigenvalue weighted by molar-refractivity contribution is -0.140. The highest BCUT2D eigenvalue weighted by Crippen LogP contribution is 2.04. The molecule has 15 nitrogen and oxygen atoms in total. The van der Waals surface area contributed by atoms with E-state index in [0.717, 1.165) is 38.8 Å². The molecule has 0 saturated carbocycles. The van der Waals surface area contributed by atoms with E-state index < -0.39 is 48.0 Å². The molecule has 2 fully saturated rings. The lowest BCUT2D eigenvalue weighted by Crippen LogP contribution is -2.34. The monoisotopic (exact) mass is 585 g/mol. The van der Waals surface area contributed by atoms with Crippen molar-refractivity contribution in [3.05, 3.63) is 0 Å². The number of hydrogen-bond donors (Lipinski definition) is 11. The van der Waals surface area contributed by atoms with Gasteiger partial charge in [0.15, 0.2) is 0 Å². The van der Waals surface area contributed by atoms with Crippen molar-refractivity contribution < 1.29 is 49.5 Å². The van der Waals surface area contributed by atoms with Gasteiger partial charge in [0.1, 0.15) is 30.2 Å². The van der Waals surface area contributed by atoms with Crippen molar-refractivity contribution in [2.75, 3.05) is 18.8 Å². The second-order valence-corrected chi connectivity index (χ2v) is 9.68. The zero-order valence-corrected chi connectivity index (χ0v) is 23.8. The summed E-state index contributed by atoms with van der Waals surface area (Å²) in [6.07, 6.45) is 3.57. The Morgan fingerprint density at radius 3 is 1.05 bits per heavy atom. The summed E-state index contributed by atoms with van der Waals surface area (Å²) < 4.78 is 0. The van der Waals surface area contributed by atoms with Crippen LogP contribution in [0.3, 0.4) is 0 Å². The van der Waals surface area contributed by atoms with Crippen molar-refractivity contribution in [1.82, 2.24) is 10.6 Å². The Balaban J connectivity index is -0.000000416. The maximum Gasteiger partial charge on any atom is 0.321 e. The van der Waals surface area contributed by atoms with Gasteiger partial charge in [-0.15, -0.1) is 0 Å². The van der Waals surface area contributed by atoms with E-state index in [-0.39, 0.29) is 29.7 Å². The van der Waals surface area contributed by atoms with E-state index in [1.165, 1.54) is 0 Å². The highest BCUT2D eigenvalue weighted by Gasteiger charge is 2.21. The Labute approximate surface area is 234 Å². The van der Waals surface area contributed by atoms with Crippen molar-refractivity contribution in [2.24, 2.45) is 29.0 Å². The third-order valence-corrected chi connectivity index (χ3v) is 5.63. The zero-order chi connectivity index (χ0) is 31.3. The molecule has 0 spiro atoms. The van der Waals surface area contributed by atoms with Crippen molar-refractivity contribution in [3.63, 3.8) is 0 Å². The van der Waals surface area contributed by atoms with Gasteiger partial charge in [-0.3, -0.25) is 24.0 Å². The maximum atomic E-state index is 10.1. The van der Waals surface area contributed by atoms with Crippen LogP contribution in [-0.2, 0) is 24.0 Å². The lowest BCUT2D eigenvalue weighted by Gasteiger charge is -2.07. The number of carboxylic acid groups (broad SMARTS) is 5. The first-order chi connectivity index (χ1) is 17.9. The van der Waals surface area contributed by atoms with Crippen LogP contribution in [0.2, 0.25) is 0 Å². The SMILES string of the molecule is CC(C)C(N)C(=O)O.CC(C)C(N)C(=O)O.NC(CS)C(=O)O.O=C(O)[C@@H]1CCCN1.O=C(O)[C@@H]1CCCN1. The summed E-state index contributed by atoms with van der Waals surface area (Å²) in [6.45, 7) is 8.82. The summed E-state index contributed by atoms with van der Waals surface area (Å²) in [6, 6.07) is -2.78. The van der Waals surface area contributed by atoms with Crippen LogP contribution in [0.4, 0.5) is 0 Å². The summed E-state index contributed by atoms with van der Waals surface area (Å²) >= 11 is 3.65. The van der Waals surface area contributed by atoms with E-state index in [1.54, 1.807) is 27.7 Å². The molecule has 2 saturated heterocycles. The van der Waals surface area contributed by atoms with Crippen LogP contribution >= 0.6 is 12.6 Å². The summed E-state index contributed by atoms with van der Waals surface area (Å²) in [5, 5.41) is 46.9. The minimum absolute atomic E-state index is 0.0208.